The Balaban J connectivity index is 2.33. The van der Waals surface area contributed by atoms with Gasteiger partial charge in [0.05, 0.1) is 13.7 Å². The smallest absolute Gasteiger partial charge is 0.247 e. The predicted molar refractivity (Wildman–Crippen MR) is 132 cm³/mol. The zero-order valence-electron chi connectivity index (χ0n) is 18.4. The first-order valence-corrected chi connectivity index (χ1v) is 13.4. The van der Waals surface area contributed by atoms with E-state index in [4.69, 9.17) is 0 Å². The fourth-order valence-electron chi connectivity index (χ4n) is 4.37. The molecule has 1 heterocycles. The fourth-order valence-corrected chi connectivity index (χ4v) is 7.41. The number of carbonyl (C=O) groups excluding carboxylic acids is 2. The zero-order valence-corrected chi connectivity index (χ0v) is 22.4. The lowest BCUT2D eigenvalue weighted by molar-refractivity contribution is -0.141. The van der Waals surface area contributed by atoms with Crippen LogP contribution in [0.1, 0.15) is 77.2 Å². The van der Waals surface area contributed by atoms with Crippen molar-refractivity contribution >= 4 is 54.9 Å². The molecule has 3 N–H and O–H groups in total. The van der Waals surface area contributed by atoms with Gasteiger partial charge in [-0.1, -0.05) is 32.8 Å². The number of hydrogen-bond donors (Lipinski definition) is 3. The van der Waals surface area contributed by atoms with Crippen molar-refractivity contribution in [1.82, 2.24) is 5.32 Å². The van der Waals surface area contributed by atoms with E-state index in [2.05, 4.69) is 44.1 Å². The second kappa shape index (κ2) is 12.1. The SMILES string of the molecule is CCCCC=C(C(=O)NCC)C1C[C@@H](O)C[C@]1(O)C(=O)C[C@@H](CC)c1cc(Br)sc1Br. The predicted octanol–water partition coefficient (Wildman–Crippen LogP) is 5.48. The molecule has 0 aromatic carbocycles. The Bertz CT molecular complexity index is 809. The van der Waals surface area contributed by atoms with Crippen LogP contribution in [0.15, 0.2) is 25.3 Å². The molecular formula is C23H33Br2NO4S. The van der Waals surface area contributed by atoms with Gasteiger partial charge < -0.3 is 15.5 Å². The Morgan fingerprint density at radius 2 is 2.06 bits per heavy atom. The standard InChI is InChI=1S/C23H33Br2NO4S/c1-4-7-8-9-16(22(29)26-6-3)18-11-15(27)13-23(18,30)19(28)10-14(5-2)17-12-20(24)31-21(17)25/h9,12,14-15,18,27,30H,4-8,10-11,13H2,1-3H3,(H,26,29)/t14-,15-,18?,23-/m1/s1. The molecule has 0 bridgehead atoms. The molecule has 1 aromatic rings. The van der Waals surface area contributed by atoms with E-state index in [1.54, 1.807) is 11.3 Å². The number of unbranched alkanes of at least 4 members (excludes halogenated alkanes) is 2. The van der Waals surface area contributed by atoms with Crippen molar-refractivity contribution in [3.63, 3.8) is 0 Å². The first-order valence-electron chi connectivity index (χ1n) is 11.0. The molecule has 0 radical (unpaired) electrons. The highest BCUT2D eigenvalue weighted by molar-refractivity contribution is 9.12. The number of aliphatic hydroxyl groups is 2. The summed E-state index contributed by atoms with van der Waals surface area (Å²) in [5.41, 5.74) is -0.278. The molecule has 4 atom stereocenters. The van der Waals surface area contributed by atoms with Crippen molar-refractivity contribution in [2.24, 2.45) is 5.92 Å². The third-order valence-corrected chi connectivity index (χ3v) is 8.44. The Morgan fingerprint density at radius 3 is 2.61 bits per heavy atom. The van der Waals surface area contributed by atoms with Crippen LogP contribution >= 0.6 is 43.2 Å². The van der Waals surface area contributed by atoms with E-state index in [9.17, 15) is 19.8 Å². The maximum absolute atomic E-state index is 13.5. The number of amides is 1. The number of carbonyl (C=O) groups is 2. The van der Waals surface area contributed by atoms with Gasteiger partial charge in [0.1, 0.15) is 5.60 Å². The zero-order chi connectivity index (χ0) is 23.2. The number of Topliss-reactive ketones (excluding diaryl/α,β-unsaturated/α-hetero) is 1. The second-order valence-corrected chi connectivity index (χ2v) is 12.0. The number of halogens is 2. The quantitative estimate of drug-likeness (QED) is 0.240. The number of allylic oxidation sites excluding steroid dienone is 1. The maximum Gasteiger partial charge on any atom is 0.247 e. The van der Waals surface area contributed by atoms with Crippen LogP contribution in [-0.4, -0.2) is 40.2 Å². The summed E-state index contributed by atoms with van der Waals surface area (Å²) >= 11 is 8.62. The molecule has 0 saturated heterocycles. The Kier molecular flexibility index (Phi) is 10.4. The first kappa shape index (κ1) is 26.7. The minimum absolute atomic E-state index is 0.0358. The van der Waals surface area contributed by atoms with Crippen molar-refractivity contribution in [1.29, 1.82) is 0 Å². The highest BCUT2D eigenvalue weighted by Crippen LogP contribution is 2.45. The second-order valence-electron chi connectivity index (χ2n) is 8.24. The largest absolute Gasteiger partial charge is 0.393 e. The van der Waals surface area contributed by atoms with Gasteiger partial charge in [-0.3, -0.25) is 9.59 Å². The van der Waals surface area contributed by atoms with Crippen LogP contribution in [0, 0.1) is 5.92 Å². The first-order chi connectivity index (χ1) is 14.7. The van der Waals surface area contributed by atoms with Crippen molar-refractivity contribution in [2.75, 3.05) is 6.54 Å². The van der Waals surface area contributed by atoms with Gasteiger partial charge >= 0.3 is 0 Å². The molecule has 31 heavy (non-hydrogen) atoms. The Labute approximate surface area is 206 Å². The van der Waals surface area contributed by atoms with E-state index in [0.29, 0.717) is 18.5 Å². The number of rotatable bonds is 11. The van der Waals surface area contributed by atoms with Gasteiger partial charge in [-0.15, -0.1) is 11.3 Å². The number of thiophene rings is 1. The van der Waals surface area contributed by atoms with Gasteiger partial charge in [-0.05, 0) is 75.6 Å². The van der Waals surface area contributed by atoms with Crippen LogP contribution in [0.4, 0.5) is 0 Å². The molecule has 2 rings (SSSR count). The molecular weight excluding hydrogens is 546 g/mol. The lowest BCUT2D eigenvalue weighted by Gasteiger charge is -2.31. The summed E-state index contributed by atoms with van der Waals surface area (Å²) in [5, 5.41) is 24.7. The van der Waals surface area contributed by atoms with Gasteiger partial charge in [0.2, 0.25) is 5.91 Å². The molecule has 1 saturated carbocycles. The molecule has 0 spiro atoms. The topological polar surface area (TPSA) is 86.6 Å². The van der Waals surface area contributed by atoms with Crippen molar-refractivity contribution in [3.05, 3.63) is 30.9 Å². The molecule has 1 aromatic heterocycles. The highest BCUT2D eigenvalue weighted by Gasteiger charge is 2.53. The molecule has 174 valence electrons. The average Bonchev–Trinajstić information content (AvgIpc) is 3.21. The summed E-state index contributed by atoms with van der Waals surface area (Å²) in [6, 6.07) is 2.01. The van der Waals surface area contributed by atoms with Crippen LogP contribution in [0.2, 0.25) is 0 Å². The number of likely N-dealkylation sites (N-methyl/N-ethyl adjacent to an activating group) is 1. The van der Waals surface area contributed by atoms with Crippen LogP contribution in [0.3, 0.4) is 0 Å². The molecule has 1 amide bonds. The van der Waals surface area contributed by atoms with E-state index < -0.39 is 17.6 Å². The average molecular weight is 579 g/mol. The monoisotopic (exact) mass is 577 g/mol. The summed E-state index contributed by atoms with van der Waals surface area (Å²) in [7, 11) is 0. The summed E-state index contributed by atoms with van der Waals surface area (Å²) in [5.74, 6) is -1.32. The minimum Gasteiger partial charge on any atom is -0.393 e. The van der Waals surface area contributed by atoms with E-state index in [-0.39, 0.29) is 36.9 Å². The third kappa shape index (κ3) is 6.50. The fraction of sp³-hybridized carbons (Fsp3) is 0.652. The summed E-state index contributed by atoms with van der Waals surface area (Å²) in [6.45, 7) is 6.39. The molecule has 0 aliphatic heterocycles. The summed E-state index contributed by atoms with van der Waals surface area (Å²) in [4.78, 5) is 26.3. The van der Waals surface area contributed by atoms with Gasteiger partial charge in [0.25, 0.3) is 0 Å². The van der Waals surface area contributed by atoms with E-state index in [0.717, 1.165) is 32.4 Å². The van der Waals surface area contributed by atoms with E-state index in [1.807, 2.05) is 26.0 Å². The molecule has 1 unspecified atom stereocenters. The van der Waals surface area contributed by atoms with Gasteiger partial charge in [0.15, 0.2) is 5.78 Å². The van der Waals surface area contributed by atoms with Crippen LogP contribution in [0.5, 0.6) is 0 Å². The van der Waals surface area contributed by atoms with Crippen LogP contribution < -0.4 is 5.32 Å². The van der Waals surface area contributed by atoms with E-state index >= 15 is 0 Å². The Morgan fingerprint density at radius 1 is 1.35 bits per heavy atom. The number of hydrogen-bond acceptors (Lipinski definition) is 5. The van der Waals surface area contributed by atoms with Crippen molar-refractivity contribution < 1.29 is 19.8 Å². The van der Waals surface area contributed by atoms with Crippen molar-refractivity contribution in [3.8, 4) is 0 Å². The molecule has 5 nitrogen and oxygen atoms in total. The number of ketones is 1. The molecule has 1 aliphatic rings. The summed E-state index contributed by atoms with van der Waals surface area (Å²) < 4.78 is 1.95. The summed E-state index contributed by atoms with van der Waals surface area (Å²) in [6.07, 6.45) is 4.72. The number of aliphatic hydroxyl groups excluding tert-OH is 1. The lowest BCUT2D eigenvalue weighted by Crippen LogP contribution is -2.46. The molecule has 1 aliphatic carbocycles. The van der Waals surface area contributed by atoms with Crippen LogP contribution in [0.25, 0.3) is 0 Å². The third-order valence-electron chi connectivity index (χ3n) is 6.06. The normalized spacial score (nSPS) is 24.9. The van der Waals surface area contributed by atoms with Gasteiger partial charge in [-0.25, -0.2) is 0 Å². The van der Waals surface area contributed by atoms with E-state index in [1.165, 1.54) is 0 Å². The maximum atomic E-state index is 13.5. The number of nitrogens with one attached hydrogen (secondary N) is 1. The van der Waals surface area contributed by atoms with Gasteiger partial charge in [-0.2, -0.15) is 0 Å². The molecule has 1 fully saturated rings. The highest BCUT2D eigenvalue weighted by atomic mass is 79.9. The van der Waals surface area contributed by atoms with Crippen molar-refractivity contribution in [2.45, 2.75) is 83.3 Å². The Hall–Kier alpha value is -0.540. The lowest BCUT2D eigenvalue weighted by atomic mass is 9.77. The minimum atomic E-state index is -1.74. The van der Waals surface area contributed by atoms with Crippen LogP contribution in [-0.2, 0) is 9.59 Å². The molecule has 8 heteroatoms. The van der Waals surface area contributed by atoms with Gasteiger partial charge in [0, 0.05) is 30.9 Å².